The third-order valence-electron chi connectivity index (χ3n) is 3.71. The van der Waals surface area contributed by atoms with Gasteiger partial charge in [0.25, 0.3) is 5.91 Å². The summed E-state index contributed by atoms with van der Waals surface area (Å²) in [6.45, 7) is -0.288. The second-order valence-corrected chi connectivity index (χ2v) is 7.91. The highest BCUT2D eigenvalue weighted by Crippen LogP contribution is 2.39. The van der Waals surface area contributed by atoms with E-state index >= 15 is 0 Å². The number of nitrogens with one attached hydrogen (secondary N) is 1. The van der Waals surface area contributed by atoms with Crippen LogP contribution in [0.4, 0.5) is 5.13 Å². The van der Waals surface area contributed by atoms with Crippen LogP contribution in [0.1, 0.15) is 0 Å². The van der Waals surface area contributed by atoms with Crippen molar-refractivity contribution in [3.63, 3.8) is 0 Å². The summed E-state index contributed by atoms with van der Waals surface area (Å²) in [4.78, 5) is 17.5. The highest BCUT2D eigenvalue weighted by Gasteiger charge is 2.20. The van der Waals surface area contributed by atoms with Gasteiger partial charge in [0.2, 0.25) is 0 Å². The molecular formula is C19H11Cl3N2O4S. The normalized spacial score (nSPS) is 10.9. The summed E-state index contributed by atoms with van der Waals surface area (Å²) in [5.41, 5.74) is 0.568. The van der Waals surface area contributed by atoms with Crippen molar-refractivity contribution in [1.82, 2.24) is 4.98 Å². The van der Waals surface area contributed by atoms with Crippen LogP contribution in [0.15, 0.2) is 57.8 Å². The van der Waals surface area contributed by atoms with Crippen LogP contribution in [0, 0.1) is 0 Å². The Morgan fingerprint density at radius 1 is 1.03 bits per heavy atom. The molecule has 1 aromatic carbocycles. The van der Waals surface area contributed by atoms with Gasteiger partial charge >= 0.3 is 0 Å². The molecule has 0 radical (unpaired) electrons. The monoisotopic (exact) mass is 468 g/mol. The molecule has 0 bridgehead atoms. The van der Waals surface area contributed by atoms with Crippen LogP contribution < -0.4 is 10.1 Å². The van der Waals surface area contributed by atoms with E-state index in [0.717, 1.165) is 4.88 Å². The van der Waals surface area contributed by atoms with Gasteiger partial charge in [-0.05, 0) is 30.3 Å². The first kappa shape index (κ1) is 19.8. The van der Waals surface area contributed by atoms with Crippen molar-refractivity contribution in [2.45, 2.75) is 0 Å². The summed E-state index contributed by atoms with van der Waals surface area (Å²) in [6, 6.07) is 10.0. The lowest BCUT2D eigenvalue weighted by atomic mass is 10.2. The Kier molecular flexibility index (Phi) is 5.82. The quantitative estimate of drug-likeness (QED) is 0.320. The molecule has 0 fully saturated rings. The standard InChI is InChI=1S/C19H11Cl3N2O4S/c20-10-7-12(22)15(8-11(10)21)28-9-16(25)23-19-24-17(13-3-1-5-26-13)18(29-19)14-4-2-6-27-14/h1-8H,9H2,(H,23,24,25). The lowest BCUT2D eigenvalue weighted by molar-refractivity contribution is -0.118. The van der Waals surface area contributed by atoms with Crippen LogP contribution in [0.3, 0.4) is 0 Å². The Labute approximate surface area is 184 Å². The van der Waals surface area contributed by atoms with Crippen LogP contribution >= 0.6 is 46.1 Å². The van der Waals surface area contributed by atoms with Crippen molar-refractivity contribution < 1.29 is 18.4 Å². The fourth-order valence-corrected chi connectivity index (χ4v) is 3.99. The van der Waals surface area contributed by atoms with Crippen molar-refractivity contribution in [2.24, 2.45) is 0 Å². The average molecular weight is 470 g/mol. The van der Waals surface area contributed by atoms with E-state index in [-0.39, 0.29) is 22.4 Å². The van der Waals surface area contributed by atoms with E-state index < -0.39 is 5.91 Å². The third-order valence-corrected chi connectivity index (χ3v) is 5.71. The smallest absolute Gasteiger partial charge is 0.264 e. The molecule has 0 unspecified atom stereocenters. The van der Waals surface area contributed by atoms with Gasteiger partial charge in [-0.3, -0.25) is 10.1 Å². The Morgan fingerprint density at radius 3 is 2.41 bits per heavy atom. The first-order valence-corrected chi connectivity index (χ1v) is 10.1. The molecule has 4 aromatic rings. The lowest BCUT2D eigenvalue weighted by Gasteiger charge is -2.08. The summed E-state index contributed by atoms with van der Waals surface area (Å²) >= 11 is 19.1. The van der Waals surface area contributed by atoms with Crippen LogP contribution in [0.2, 0.25) is 15.1 Å². The lowest BCUT2D eigenvalue weighted by Crippen LogP contribution is -2.20. The van der Waals surface area contributed by atoms with Gasteiger partial charge < -0.3 is 13.6 Å². The minimum absolute atomic E-state index is 0.252. The Bertz CT molecular complexity index is 1090. The number of carbonyl (C=O) groups is 1. The Hall–Kier alpha value is -2.45. The molecule has 1 N–H and O–H groups in total. The van der Waals surface area contributed by atoms with Crippen molar-refractivity contribution >= 4 is 57.2 Å². The molecule has 4 rings (SSSR count). The maximum absolute atomic E-state index is 12.3. The largest absolute Gasteiger partial charge is 0.482 e. The van der Waals surface area contributed by atoms with Gasteiger partial charge in [-0.1, -0.05) is 46.1 Å². The van der Waals surface area contributed by atoms with E-state index in [9.17, 15) is 4.79 Å². The molecule has 3 aromatic heterocycles. The molecule has 0 saturated heterocycles. The molecule has 6 nitrogen and oxygen atoms in total. The number of aromatic nitrogens is 1. The fourth-order valence-electron chi connectivity index (χ4n) is 2.44. The number of nitrogens with zero attached hydrogens (tertiary/aromatic N) is 1. The van der Waals surface area contributed by atoms with E-state index in [0.29, 0.717) is 27.4 Å². The summed E-state index contributed by atoms with van der Waals surface area (Å²) in [6.07, 6.45) is 3.11. The van der Waals surface area contributed by atoms with Crippen LogP contribution in [-0.2, 0) is 4.79 Å². The second-order valence-electron chi connectivity index (χ2n) is 5.68. The zero-order chi connectivity index (χ0) is 20.4. The number of rotatable bonds is 6. The zero-order valence-electron chi connectivity index (χ0n) is 14.4. The highest BCUT2D eigenvalue weighted by atomic mass is 35.5. The first-order chi connectivity index (χ1) is 14.0. The van der Waals surface area contributed by atoms with Crippen LogP contribution in [0.5, 0.6) is 5.75 Å². The number of hydrogen-bond acceptors (Lipinski definition) is 6. The summed E-state index contributed by atoms with van der Waals surface area (Å²) < 4.78 is 16.4. The van der Waals surface area contributed by atoms with E-state index in [2.05, 4.69) is 10.3 Å². The molecule has 0 aliphatic carbocycles. The molecule has 0 atom stereocenters. The van der Waals surface area contributed by atoms with E-state index in [4.69, 9.17) is 48.4 Å². The minimum atomic E-state index is -0.419. The van der Waals surface area contributed by atoms with E-state index in [1.54, 1.807) is 36.8 Å². The maximum Gasteiger partial charge on any atom is 0.264 e. The summed E-state index contributed by atoms with van der Waals surface area (Å²) in [7, 11) is 0. The van der Waals surface area contributed by atoms with Gasteiger partial charge in [-0.15, -0.1) is 0 Å². The predicted molar refractivity (Wildman–Crippen MR) is 113 cm³/mol. The topological polar surface area (TPSA) is 77.5 Å². The second kappa shape index (κ2) is 8.51. The van der Waals surface area contributed by atoms with Crippen LogP contribution in [0.25, 0.3) is 22.1 Å². The van der Waals surface area contributed by atoms with Gasteiger partial charge in [0.15, 0.2) is 17.5 Å². The number of ether oxygens (including phenoxy) is 1. The van der Waals surface area contributed by atoms with Gasteiger partial charge in [-0.25, -0.2) is 4.98 Å². The summed E-state index contributed by atoms with van der Waals surface area (Å²) in [5.74, 6) is 1.01. The van der Waals surface area contributed by atoms with Crippen molar-refractivity contribution in [2.75, 3.05) is 11.9 Å². The van der Waals surface area contributed by atoms with Gasteiger partial charge in [0.05, 0.1) is 27.6 Å². The number of anilines is 1. The third kappa shape index (κ3) is 4.43. The molecule has 0 aliphatic rings. The molecule has 29 heavy (non-hydrogen) atoms. The number of hydrogen-bond donors (Lipinski definition) is 1. The van der Waals surface area contributed by atoms with E-state index in [1.807, 2.05) is 0 Å². The molecule has 10 heteroatoms. The van der Waals surface area contributed by atoms with Gasteiger partial charge in [0, 0.05) is 6.07 Å². The summed E-state index contributed by atoms with van der Waals surface area (Å²) in [5, 5.41) is 3.90. The molecule has 0 aliphatic heterocycles. The van der Waals surface area contributed by atoms with Crippen molar-refractivity contribution in [1.29, 1.82) is 0 Å². The number of carbonyl (C=O) groups excluding carboxylic acids is 1. The molecule has 148 valence electrons. The fraction of sp³-hybridized carbons (Fsp3) is 0.0526. The first-order valence-electron chi connectivity index (χ1n) is 8.17. The SMILES string of the molecule is O=C(COc1cc(Cl)c(Cl)cc1Cl)Nc1nc(-c2ccco2)c(-c2ccco2)s1. The minimum Gasteiger partial charge on any atom is -0.482 e. The highest BCUT2D eigenvalue weighted by molar-refractivity contribution is 7.19. The molecule has 0 spiro atoms. The molecular weight excluding hydrogens is 459 g/mol. The Morgan fingerprint density at radius 2 is 1.72 bits per heavy atom. The van der Waals surface area contributed by atoms with Crippen LogP contribution in [-0.4, -0.2) is 17.5 Å². The maximum atomic E-state index is 12.3. The number of benzene rings is 1. The average Bonchev–Trinajstić information content (AvgIpc) is 3.44. The Balaban J connectivity index is 1.50. The van der Waals surface area contributed by atoms with Gasteiger partial charge in [0.1, 0.15) is 22.1 Å². The van der Waals surface area contributed by atoms with E-state index in [1.165, 1.54) is 23.5 Å². The molecule has 0 saturated carbocycles. The number of amides is 1. The van der Waals surface area contributed by atoms with Crippen molar-refractivity contribution in [3.8, 4) is 27.8 Å². The number of furan rings is 2. The molecule has 3 heterocycles. The predicted octanol–water partition coefficient (Wildman–Crippen LogP) is 6.64. The number of halogens is 3. The van der Waals surface area contributed by atoms with Crippen molar-refractivity contribution in [3.05, 3.63) is 64.0 Å². The molecule has 1 amide bonds. The number of thiazole rings is 1. The zero-order valence-corrected chi connectivity index (χ0v) is 17.5. The van der Waals surface area contributed by atoms with Gasteiger partial charge in [-0.2, -0.15) is 0 Å².